The third-order valence-electron chi connectivity index (χ3n) is 4.26. The zero-order valence-corrected chi connectivity index (χ0v) is 12.7. The van der Waals surface area contributed by atoms with E-state index < -0.39 is 5.41 Å². The zero-order valence-electron chi connectivity index (χ0n) is 12.7. The van der Waals surface area contributed by atoms with Gasteiger partial charge in [-0.3, -0.25) is 9.59 Å². The van der Waals surface area contributed by atoms with Crippen LogP contribution < -0.4 is 4.90 Å². The highest BCUT2D eigenvalue weighted by molar-refractivity contribution is 6.08. The Hall–Kier alpha value is -1.84. The molecule has 0 saturated carbocycles. The van der Waals surface area contributed by atoms with Gasteiger partial charge < -0.3 is 9.64 Å². The Kier molecular flexibility index (Phi) is 3.59. The van der Waals surface area contributed by atoms with Gasteiger partial charge in [0.2, 0.25) is 5.91 Å². The number of rotatable bonds is 3. The fourth-order valence-electron chi connectivity index (χ4n) is 3.23. The van der Waals surface area contributed by atoms with E-state index in [-0.39, 0.29) is 17.8 Å². The quantitative estimate of drug-likeness (QED) is 0.796. The van der Waals surface area contributed by atoms with Gasteiger partial charge >= 0.3 is 5.97 Å². The number of anilines is 1. The van der Waals surface area contributed by atoms with E-state index in [1.54, 1.807) is 18.9 Å². The summed E-state index contributed by atoms with van der Waals surface area (Å²) in [5.41, 5.74) is 2.38. The number of methoxy groups -OCH3 is 1. The molecule has 0 fully saturated rings. The number of hydrogen-bond acceptors (Lipinski definition) is 3. The molecule has 2 rings (SSSR count). The Bertz CT molecular complexity index is 567. The average Bonchev–Trinajstić information content (AvgIpc) is 2.61. The summed E-state index contributed by atoms with van der Waals surface area (Å²) in [6.45, 7) is 5.72. The van der Waals surface area contributed by atoms with Gasteiger partial charge in [-0.25, -0.2) is 0 Å². The van der Waals surface area contributed by atoms with Crippen molar-refractivity contribution in [2.24, 2.45) is 5.92 Å². The molecule has 0 N–H and O–H groups in total. The molecule has 0 bridgehead atoms. The number of carbonyl (C=O) groups is 2. The summed E-state index contributed by atoms with van der Waals surface area (Å²) in [5, 5.41) is 0. The third kappa shape index (κ3) is 1.99. The topological polar surface area (TPSA) is 46.6 Å². The number of carbonyl (C=O) groups excluding carboxylic acids is 2. The van der Waals surface area contributed by atoms with Crippen molar-refractivity contribution in [3.8, 4) is 0 Å². The predicted molar refractivity (Wildman–Crippen MR) is 77.7 cm³/mol. The lowest BCUT2D eigenvalue weighted by atomic mass is 9.76. The molecule has 0 aliphatic carbocycles. The van der Waals surface area contributed by atoms with E-state index in [1.807, 2.05) is 32.0 Å². The van der Waals surface area contributed by atoms with Crippen LogP contribution >= 0.6 is 0 Å². The molecule has 0 aromatic heterocycles. The second-order valence-electron chi connectivity index (χ2n) is 5.80. The lowest BCUT2D eigenvalue weighted by Gasteiger charge is -2.25. The second-order valence-corrected chi connectivity index (χ2v) is 5.80. The smallest absolute Gasteiger partial charge is 0.308 e. The molecule has 1 amide bonds. The fourth-order valence-corrected chi connectivity index (χ4v) is 3.23. The van der Waals surface area contributed by atoms with E-state index in [1.165, 1.54) is 7.11 Å². The van der Waals surface area contributed by atoms with Crippen LogP contribution in [-0.4, -0.2) is 26.0 Å². The number of ether oxygens (including phenoxy) is 1. The molecule has 4 nitrogen and oxygen atoms in total. The lowest BCUT2D eigenvalue weighted by Crippen LogP contribution is -2.38. The molecule has 1 aliphatic rings. The summed E-state index contributed by atoms with van der Waals surface area (Å²) in [5.74, 6) is -0.547. The first-order chi connectivity index (χ1) is 9.32. The van der Waals surface area contributed by atoms with E-state index in [0.29, 0.717) is 6.42 Å². The van der Waals surface area contributed by atoms with Gasteiger partial charge in [0, 0.05) is 7.05 Å². The number of hydrogen-bond donors (Lipinski definition) is 0. The van der Waals surface area contributed by atoms with Crippen LogP contribution in [0.1, 0.15) is 31.4 Å². The predicted octanol–water partition coefficient (Wildman–Crippen LogP) is 2.43. The first kappa shape index (κ1) is 14.6. The van der Waals surface area contributed by atoms with E-state index in [0.717, 1.165) is 16.8 Å². The number of likely N-dealkylation sites (N-methyl/N-ethyl adjacent to an activating group) is 1. The first-order valence-corrected chi connectivity index (χ1v) is 6.79. The van der Waals surface area contributed by atoms with Crippen LogP contribution in [0.3, 0.4) is 0 Å². The summed E-state index contributed by atoms with van der Waals surface area (Å²) in [7, 11) is 3.17. The van der Waals surface area contributed by atoms with Crippen LogP contribution in [0.15, 0.2) is 18.2 Å². The first-order valence-electron chi connectivity index (χ1n) is 6.79. The molecule has 4 heteroatoms. The normalized spacial score (nSPS) is 22.6. The van der Waals surface area contributed by atoms with Crippen molar-refractivity contribution in [2.75, 3.05) is 19.1 Å². The van der Waals surface area contributed by atoms with Crippen molar-refractivity contribution in [2.45, 2.75) is 32.6 Å². The maximum absolute atomic E-state index is 12.7. The highest BCUT2D eigenvalue weighted by Gasteiger charge is 2.47. The molecule has 20 heavy (non-hydrogen) atoms. The molecular formula is C16H21NO3. The maximum atomic E-state index is 12.7. The van der Waals surface area contributed by atoms with Crippen molar-refractivity contribution >= 4 is 17.6 Å². The van der Waals surface area contributed by atoms with Crippen molar-refractivity contribution in [3.63, 3.8) is 0 Å². The largest absolute Gasteiger partial charge is 0.469 e. The molecule has 2 unspecified atom stereocenters. The average molecular weight is 275 g/mol. The summed E-state index contributed by atoms with van der Waals surface area (Å²) in [4.78, 5) is 26.0. The molecule has 1 aliphatic heterocycles. The highest BCUT2D eigenvalue weighted by Crippen LogP contribution is 2.46. The van der Waals surface area contributed by atoms with Crippen LogP contribution in [-0.2, 0) is 19.7 Å². The molecule has 0 radical (unpaired) electrons. The molecule has 1 aromatic carbocycles. The minimum absolute atomic E-state index is 0.0394. The molecule has 108 valence electrons. The number of para-hydroxylation sites is 1. The molecule has 2 atom stereocenters. The van der Waals surface area contributed by atoms with E-state index >= 15 is 0 Å². The van der Waals surface area contributed by atoms with Gasteiger partial charge in [-0.2, -0.15) is 0 Å². The summed E-state index contributed by atoms with van der Waals surface area (Å²) in [6.07, 6.45) is 0.458. The highest BCUT2D eigenvalue weighted by atomic mass is 16.5. The van der Waals surface area contributed by atoms with Gasteiger partial charge in [0.05, 0.1) is 24.1 Å². The van der Waals surface area contributed by atoms with Gasteiger partial charge in [0.15, 0.2) is 0 Å². The zero-order chi connectivity index (χ0) is 15.1. The third-order valence-corrected chi connectivity index (χ3v) is 4.26. The fraction of sp³-hybridized carbons (Fsp3) is 0.500. The van der Waals surface area contributed by atoms with Crippen molar-refractivity contribution in [3.05, 3.63) is 29.3 Å². The summed E-state index contributed by atoms with van der Waals surface area (Å²) in [6, 6.07) is 5.94. The van der Waals surface area contributed by atoms with Gasteiger partial charge in [0.25, 0.3) is 0 Å². The van der Waals surface area contributed by atoms with Gasteiger partial charge in [-0.1, -0.05) is 25.1 Å². The van der Waals surface area contributed by atoms with Crippen LogP contribution in [0, 0.1) is 12.8 Å². The van der Waals surface area contributed by atoms with Crippen LogP contribution in [0.2, 0.25) is 0 Å². The Morgan fingerprint density at radius 2 is 2.10 bits per heavy atom. The Labute approximate surface area is 119 Å². The number of esters is 1. The summed E-state index contributed by atoms with van der Waals surface area (Å²) >= 11 is 0. The van der Waals surface area contributed by atoms with E-state index in [2.05, 4.69) is 0 Å². The number of aryl methyl sites for hydroxylation is 1. The van der Waals surface area contributed by atoms with Crippen LogP contribution in [0.5, 0.6) is 0 Å². The number of benzene rings is 1. The Morgan fingerprint density at radius 1 is 1.45 bits per heavy atom. The molecule has 1 aromatic rings. The van der Waals surface area contributed by atoms with Crippen LogP contribution in [0.25, 0.3) is 0 Å². The van der Waals surface area contributed by atoms with E-state index in [4.69, 9.17) is 4.74 Å². The Morgan fingerprint density at radius 3 is 2.70 bits per heavy atom. The molecule has 1 heterocycles. The van der Waals surface area contributed by atoms with Crippen molar-refractivity contribution in [1.82, 2.24) is 0 Å². The van der Waals surface area contributed by atoms with E-state index in [9.17, 15) is 9.59 Å². The second kappa shape index (κ2) is 4.93. The number of nitrogens with zero attached hydrogens (tertiary/aromatic N) is 1. The standard InChI is InChI=1S/C16H21NO3/c1-10-7-6-8-12-13(10)17(4)15(19)16(12,3)9-11(2)14(18)20-5/h6-8,11H,9H2,1-5H3. The molecular weight excluding hydrogens is 254 g/mol. The maximum Gasteiger partial charge on any atom is 0.308 e. The number of fused-ring (bicyclic) bond motifs is 1. The van der Waals surface area contributed by atoms with Crippen molar-refractivity contribution < 1.29 is 14.3 Å². The monoisotopic (exact) mass is 275 g/mol. The number of amides is 1. The van der Waals surface area contributed by atoms with Crippen LogP contribution in [0.4, 0.5) is 5.69 Å². The molecule has 0 spiro atoms. The van der Waals surface area contributed by atoms with Gasteiger partial charge in [-0.05, 0) is 31.4 Å². The Balaban J connectivity index is 2.45. The lowest BCUT2D eigenvalue weighted by molar-refractivity contribution is -0.145. The molecule has 0 saturated heterocycles. The van der Waals surface area contributed by atoms with Gasteiger partial charge in [-0.15, -0.1) is 0 Å². The summed E-state index contributed by atoms with van der Waals surface area (Å²) < 4.78 is 4.78. The van der Waals surface area contributed by atoms with Crippen molar-refractivity contribution in [1.29, 1.82) is 0 Å². The minimum Gasteiger partial charge on any atom is -0.469 e. The van der Waals surface area contributed by atoms with Gasteiger partial charge in [0.1, 0.15) is 0 Å². The SMILES string of the molecule is COC(=O)C(C)CC1(C)C(=O)N(C)c2c(C)cccc21. The minimum atomic E-state index is -0.663.